The molecule has 1 amide bonds. The first-order valence-electron chi connectivity index (χ1n) is 6.94. The molecule has 7 heteroatoms. The van der Waals surface area contributed by atoms with Gasteiger partial charge in [0.05, 0.1) is 24.0 Å². The lowest BCUT2D eigenvalue weighted by Crippen LogP contribution is -2.50. The normalized spacial score (nSPS) is 26.5. The van der Waals surface area contributed by atoms with Gasteiger partial charge in [-0.15, -0.1) is 0 Å². The summed E-state index contributed by atoms with van der Waals surface area (Å²) in [5.74, 6) is -0.104. The second kappa shape index (κ2) is 5.08. The third-order valence-corrected chi connectivity index (χ3v) is 5.84. The van der Waals surface area contributed by atoms with E-state index in [0.717, 1.165) is 5.56 Å². The Morgan fingerprint density at radius 3 is 2.86 bits per heavy atom. The van der Waals surface area contributed by atoms with Crippen LogP contribution in [0.1, 0.15) is 19.4 Å². The molecular weight excluding hydrogens is 292 g/mol. The largest absolute Gasteiger partial charge is 0.375 e. The van der Waals surface area contributed by atoms with Crippen molar-refractivity contribution in [1.82, 2.24) is 4.31 Å². The molecule has 1 fully saturated rings. The standard InChI is InChI=1S/C14H18N2O4S/c1-9-8-20-10(2)7-16(9)21(18,19)12-3-4-13-11(5-12)6-14(17)15-13/h3-5,9-10H,6-8H2,1-2H3,(H,15,17). The maximum atomic E-state index is 12.8. The van der Waals surface area contributed by atoms with E-state index in [4.69, 9.17) is 4.74 Å². The Hall–Kier alpha value is -1.44. The molecule has 0 saturated carbocycles. The highest BCUT2D eigenvalue weighted by Crippen LogP contribution is 2.29. The monoisotopic (exact) mass is 310 g/mol. The third kappa shape index (κ3) is 2.56. The zero-order valence-electron chi connectivity index (χ0n) is 12.0. The van der Waals surface area contributed by atoms with E-state index in [1.54, 1.807) is 18.2 Å². The van der Waals surface area contributed by atoms with Crippen molar-refractivity contribution in [2.75, 3.05) is 18.5 Å². The summed E-state index contributed by atoms with van der Waals surface area (Å²) in [4.78, 5) is 11.6. The first kappa shape index (κ1) is 14.5. The minimum absolute atomic E-state index is 0.104. The molecule has 0 bridgehead atoms. The Labute approximate surface area is 124 Å². The Kier molecular flexibility index (Phi) is 3.51. The number of fused-ring (bicyclic) bond motifs is 1. The van der Waals surface area contributed by atoms with E-state index in [1.165, 1.54) is 4.31 Å². The van der Waals surface area contributed by atoms with Crippen LogP contribution < -0.4 is 5.32 Å². The molecule has 21 heavy (non-hydrogen) atoms. The number of sulfonamides is 1. The summed E-state index contributed by atoms with van der Waals surface area (Å²) < 4.78 is 32.5. The molecule has 2 heterocycles. The summed E-state index contributed by atoms with van der Waals surface area (Å²) in [6.07, 6.45) is 0.113. The van der Waals surface area contributed by atoms with E-state index >= 15 is 0 Å². The van der Waals surface area contributed by atoms with E-state index in [2.05, 4.69) is 5.32 Å². The van der Waals surface area contributed by atoms with Gasteiger partial charge in [0.2, 0.25) is 15.9 Å². The number of morpholine rings is 1. The minimum atomic E-state index is -3.57. The molecule has 1 aromatic carbocycles. The van der Waals surface area contributed by atoms with Crippen molar-refractivity contribution >= 4 is 21.6 Å². The first-order valence-corrected chi connectivity index (χ1v) is 8.38. The van der Waals surface area contributed by atoms with Gasteiger partial charge in [-0.25, -0.2) is 8.42 Å². The van der Waals surface area contributed by atoms with Crippen LogP contribution in [-0.2, 0) is 26.0 Å². The van der Waals surface area contributed by atoms with Gasteiger partial charge < -0.3 is 10.1 Å². The van der Waals surface area contributed by atoms with Crippen LogP contribution in [0, 0.1) is 0 Å². The minimum Gasteiger partial charge on any atom is -0.375 e. The highest BCUT2D eigenvalue weighted by Gasteiger charge is 2.34. The maximum Gasteiger partial charge on any atom is 0.243 e. The Balaban J connectivity index is 1.95. The summed E-state index contributed by atoms with van der Waals surface area (Å²) in [5.41, 5.74) is 1.43. The van der Waals surface area contributed by atoms with Gasteiger partial charge in [-0.05, 0) is 37.6 Å². The molecule has 0 aromatic heterocycles. The second-order valence-corrected chi connectivity index (χ2v) is 7.50. The number of carbonyl (C=O) groups excluding carboxylic acids is 1. The number of amides is 1. The Morgan fingerprint density at radius 1 is 1.33 bits per heavy atom. The van der Waals surface area contributed by atoms with Crippen molar-refractivity contribution in [2.24, 2.45) is 0 Å². The molecule has 2 aliphatic rings. The number of rotatable bonds is 2. The molecular formula is C14H18N2O4S. The number of nitrogens with one attached hydrogen (secondary N) is 1. The molecule has 0 spiro atoms. The number of anilines is 1. The number of benzene rings is 1. The van der Waals surface area contributed by atoms with Crippen molar-refractivity contribution < 1.29 is 17.9 Å². The fourth-order valence-electron chi connectivity index (χ4n) is 2.71. The van der Waals surface area contributed by atoms with Gasteiger partial charge in [0.15, 0.2) is 0 Å². The second-order valence-electron chi connectivity index (χ2n) is 5.61. The van der Waals surface area contributed by atoms with Gasteiger partial charge in [0.1, 0.15) is 0 Å². The SMILES string of the molecule is CC1CN(S(=O)(=O)c2ccc3c(c2)CC(=O)N3)C(C)CO1. The number of hydrogen-bond acceptors (Lipinski definition) is 4. The van der Waals surface area contributed by atoms with Crippen molar-refractivity contribution in [2.45, 2.75) is 37.3 Å². The van der Waals surface area contributed by atoms with Crippen LogP contribution in [0.2, 0.25) is 0 Å². The van der Waals surface area contributed by atoms with Gasteiger partial charge in [0, 0.05) is 18.3 Å². The molecule has 2 atom stereocenters. The molecule has 114 valence electrons. The maximum absolute atomic E-state index is 12.8. The summed E-state index contributed by atoms with van der Waals surface area (Å²) in [5, 5.41) is 2.70. The van der Waals surface area contributed by atoms with Gasteiger partial charge in [0.25, 0.3) is 0 Å². The fourth-order valence-corrected chi connectivity index (χ4v) is 4.45. The molecule has 3 rings (SSSR count). The van der Waals surface area contributed by atoms with Crippen LogP contribution in [0.25, 0.3) is 0 Å². The van der Waals surface area contributed by atoms with Gasteiger partial charge in [-0.1, -0.05) is 0 Å². The number of nitrogens with zero attached hydrogens (tertiary/aromatic N) is 1. The number of ether oxygens (including phenoxy) is 1. The summed E-state index contributed by atoms with van der Waals surface area (Å²) >= 11 is 0. The average Bonchev–Trinajstić information content (AvgIpc) is 2.80. The summed E-state index contributed by atoms with van der Waals surface area (Å²) in [6, 6.07) is 4.60. The van der Waals surface area contributed by atoms with E-state index < -0.39 is 10.0 Å². The highest BCUT2D eigenvalue weighted by atomic mass is 32.2. The van der Waals surface area contributed by atoms with Crippen molar-refractivity contribution in [3.63, 3.8) is 0 Å². The lowest BCUT2D eigenvalue weighted by molar-refractivity contribution is -0.115. The molecule has 1 saturated heterocycles. The lowest BCUT2D eigenvalue weighted by Gasteiger charge is -2.35. The van der Waals surface area contributed by atoms with Crippen molar-refractivity contribution in [3.05, 3.63) is 23.8 Å². The third-order valence-electron chi connectivity index (χ3n) is 3.86. The topological polar surface area (TPSA) is 75.7 Å². The van der Waals surface area contributed by atoms with Crippen LogP contribution in [0.5, 0.6) is 0 Å². The fraction of sp³-hybridized carbons (Fsp3) is 0.500. The van der Waals surface area contributed by atoms with Crippen LogP contribution in [0.3, 0.4) is 0 Å². The molecule has 1 aromatic rings. The van der Waals surface area contributed by atoms with Crippen LogP contribution in [0.15, 0.2) is 23.1 Å². The molecule has 2 aliphatic heterocycles. The zero-order chi connectivity index (χ0) is 15.2. The quantitative estimate of drug-likeness (QED) is 0.883. The molecule has 1 N–H and O–H groups in total. The van der Waals surface area contributed by atoms with E-state index in [-0.39, 0.29) is 29.4 Å². The van der Waals surface area contributed by atoms with Crippen molar-refractivity contribution in [1.29, 1.82) is 0 Å². The Morgan fingerprint density at radius 2 is 2.10 bits per heavy atom. The Bertz CT molecular complexity index is 686. The molecule has 0 radical (unpaired) electrons. The smallest absolute Gasteiger partial charge is 0.243 e. The zero-order valence-corrected chi connectivity index (χ0v) is 12.8. The molecule has 2 unspecified atom stereocenters. The van der Waals surface area contributed by atoms with E-state index in [1.807, 2.05) is 13.8 Å². The van der Waals surface area contributed by atoms with Crippen LogP contribution in [0.4, 0.5) is 5.69 Å². The predicted octanol–water partition coefficient (Wildman–Crippen LogP) is 0.979. The number of hydrogen-bond donors (Lipinski definition) is 1. The van der Waals surface area contributed by atoms with Gasteiger partial charge in [-0.3, -0.25) is 4.79 Å². The highest BCUT2D eigenvalue weighted by molar-refractivity contribution is 7.89. The van der Waals surface area contributed by atoms with Crippen LogP contribution >= 0.6 is 0 Å². The lowest BCUT2D eigenvalue weighted by atomic mass is 10.2. The molecule has 0 aliphatic carbocycles. The van der Waals surface area contributed by atoms with E-state index in [9.17, 15) is 13.2 Å². The van der Waals surface area contributed by atoms with Crippen LogP contribution in [-0.4, -0.2) is 43.9 Å². The van der Waals surface area contributed by atoms with Gasteiger partial charge >= 0.3 is 0 Å². The van der Waals surface area contributed by atoms with E-state index in [0.29, 0.717) is 18.8 Å². The van der Waals surface area contributed by atoms with Gasteiger partial charge in [-0.2, -0.15) is 4.31 Å². The number of carbonyl (C=O) groups is 1. The molecule has 6 nitrogen and oxygen atoms in total. The summed E-state index contributed by atoms with van der Waals surface area (Å²) in [6.45, 7) is 4.44. The average molecular weight is 310 g/mol. The summed E-state index contributed by atoms with van der Waals surface area (Å²) in [7, 11) is -3.57. The predicted molar refractivity (Wildman–Crippen MR) is 77.5 cm³/mol. The first-order chi connectivity index (χ1) is 9.88. The van der Waals surface area contributed by atoms with Crippen molar-refractivity contribution in [3.8, 4) is 0 Å².